The SMILES string of the molecule is CNn1c(=O)[nH]c2ncccc21. The van der Waals surface area contributed by atoms with E-state index in [0.717, 1.165) is 5.52 Å². The van der Waals surface area contributed by atoms with Gasteiger partial charge in [0.25, 0.3) is 0 Å². The molecule has 0 aliphatic heterocycles. The number of pyridine rings is 1. The van der Waals surface area contributed by atoms with Gasteiger partial charge in [0.1, 0.15) is 5.52 Å². The van der Waals surface area contributed by atoms with Gasteiger partial charge in [-0.25, -0.2) is 14.5 Å². The number of rotatable bonds is 1. The summed E-state index contributed by atoms with van der Waals surface area (Å²) in [5.74, 6) is 0. The first-order valence-electron chi connectivity index (χ1n) is 3.56. The fourth-order valence-electron chi connectivity index (χ4n) is 1.16. The highest BCUT2D eigenvalue weighted by molar-refractivity contribution is 5.70. The number of nitrogens with zero attached hydrogens (tertiary/aromatic N) is 2. The van der Waals surface area contributed by atoms with Crippen LogP contribution in [0.3, 0.4) is 0 Å². The first kappa shape index (κ1) is 6.90. The summed E-state index contributed by atoms with van der Waals surface area (Å²) in [4.78, 5) is 17.8. The van der Waals surface area contributed by atoms with Crippen LogP contribution in [-0.2, 0) is 0 Å². The van der Waals surface area contributed by atoms with E-state index in [1.54, 1.807) is 19.3 Å². The molecule has 0 bridgehead atoms. The molecule has 0 saturated carbocycles. The van der Waals surface area contributed by atoms with Gasteiger partial charge in [-0.3, -0.25) is 4.98 Å². The maximum absolute atomic E-state index is 11.2. The van der Waals surface area contributed by atoms with Crippen molar-refractivity contribution in [2.45, 2.75) is 0 Å². The summed E-state index contributed by atoms with van der Waals surface area (Å²) >= 11 is 0. The predicted molar refractivity (Wildman–Crippen MR) is 45.6 cm³/mol. The molecule has 0 spiro atoms. The maximum Gasteiger partial charge on any atom is 0.346 e. The first-order valence-corrected chi connectivity index (χ1v) is 3.56. The van der Waals surface area contributed by atoms with Crippen LogP contribution in [0, 0.1) is 0 Å². The molecular weight excluding hydrogens is 156 g/mol. The van der Waals surface area contributed by atoms with Crippen molar-refractivity contribution in [3.63, 3.8) is 0 Å². The minimum absolute atomic E-state index is 0.203. The lowest BCUT2D eigenvalue weighted by Gasteiger charge is -1.97. The molecule has 0 aliphatic carbocycles. The average Bonchev–Trinajstić information content (AvgIpc) is 2.40. The van der Waals surface area contributed by atoms with Crippen molar-refractivity contribution in [1.29, 1.82) is 0 Å². The molecule has 0 aliphatic rings. The Morgan fingerprint density at radius 3 is 3.25 bits per heavy atom. The summed E-state index contributed by atoms with van der Waals surface area (Å²) in [6.07, 6.45) is 1.64. The molecule has 2 N–H and O–H groups in total. The molecule has 0 fully saturated rings. The lowest BCUT2D eigenvalue weighted by atomic mass is 10.4. The summed E-state index contributed by atoms with van der Waals surface area (Å²) < 4.78 is 1.41. The number of H-pyrrole nitrogens is 1. The molecule has 2 rings (SSSR count). The van der Waals surface area contributed by atoms with Gasteiger partial charge in [-0.1, -0.05) is 0 Å². The van der Waals surface area contributed by atoms with E-state index in [9.17, 15) is 4.79 Å². The van der Waals surface area contributed by atoms with Gasteiger partial charge in [0.2, 0.25) is 0 Å². The molecule has 5 heteroatoms. The Morgan fingerprint density at radius 2 is 2.50 bits per heavy atom. The van der Waals surface area contributed by atoms with Crippen LogP contribution in [0.5, 0.6) is 0 Å². The number of fused-ring (bicyclic) bond motifs is 1. The second-order valence-electron chi connectivity index (χ2n) is 2.36. The van der Waals surface area contributed by atoms with E-state index < -0.39 is 0 Å². The van der Waals surface area contributed by atoms with Crippen molar-refractivity contribution in [2.24, 2.45) is 0 Å². The molecule has 0 unspecified atom stereocenters. The van der Waals surface area contributed by atoms with Gasteiger partial charge < -0.3 is 5.43 Å². The molecule has 0 aromatic carbocycles. The third-order valence-corrected chi connectivity index (χ3v) is 1.68. The van der Waals surface area contributed by atoms with E-state index >= 15 is 0 Å². The smallest absolute Gasteiger partial charge is 0.324 e. The Bertz CT molecular complexity index is 456. The van der Waals surface area contributed by atoms with Gasteiger partial charge in [-0.15, -0.1) is 0 Å². The maximum atomic E-state index is 11.2. The Balaban J connectivity index is 2.91. The van der Waals surface area contributed by atoms with Crippen LogP contribution in [0.1, 0.15) is 0 Å². The Kier molecular flexibility index (Phi) is 1.36. The second-order valence-corrected chi connectivity index (χ2v) is 2.36. The number of aromatic nitrogens is 3. The largest absolute Gasteiger partial charge is 0.346 e. The Morgan fingerprint density at radius 1 is 1.67 bits per heavy atom. The van der Waals surface area contributed by atoms with Crippen LogP contribution in [0.4, 0.5) is 0 Å². The number of aromatic amines is 1. The lowest BCUT2D eigenvalue weighted by Crippen LogP contribution is -2.23. The van der Waals surface area contributed by atoms with Crippen molar-refractivity contribution in [1.82, 2.24) is 14.6 Å². The molecule has 0 radical (unpaired) electrons. The van der Waals surface area contributed by atoms with Crippen molar-refractivity contribution >= 4 is 11.2 Å². The predicted octanol–water partition coefficient (Wildman–Crippen LogP) is -0.102. The van der Waals surface area contributed by atoms with Crippen molar-refractivity contribution in [3.05, 3.63) is 28.8 Å². The number of nitrogens with one attached hydrogen (secondary N) is 2. The Labute approximate surface area is 68.0 Å². The van der Waals surface area contributed by atoms with E-state index in [2.05, 4.69) is 15.4 Å². The highest BCUT2D eigenvalue weighted by Gasteiger charge is 2.03. The Hall–Kier alpha value is -1.78. The van der Waals surface area contributed by atoms with Gasteiger partial charge in [0.15, 0.2) is 5.65 Å². The highest BCUT2D eigenvalue weighted by Crippen LogP contribution is 2.02. The van der Waals surface area contributed by atoms with Crippen molar-refractivity contribution in [2.75, 3.05) is 12.5 Å². The number of hydrogen-bond donors (Lipinski definition) is 2. The van der Waals surface area contributed by atoms with E-state index in [4.69, 9.17) is 0 Å². The topological polar surface area (TPSA) is 62.7 Å². The molecule has 2 aromatic heterocycles. The van der Waals surface area contributed by atoms with Gasteiger partial charge in [0.05, 0.1) is 0 Å². The lowest BCUT2D eigenvalue weighted by molar-refractivity contribution is 0.902. The molecule has 2 aromatic rings. The van der Waals surface area contributed by atoms with Crippen LogP contribution in [0.2, 0.25) is 0 Å². The summed E-state index contributed by atoms with van der Waals surface area (Å²) in [6, 6.07) is 3.60. The monoisotopic (exact) mass is 164 g/mol. The molecule has 0 atom stereocenters. The van der Waals surface area contributed by atoms with E-state index in [-0.39, 0.29) is 5.69 Å². The van der Waals surface area contributed by atoms with Crippen LogP contribution >= 0.6 is 0 Å². The summed E-state index contributed by atoms with van der Waals surface area (Å²) in [5, 5.41) is 0. The molecule has 2 heterocycles. The van der Waals surface area contributed by atoms with Crippen LogP contribution in [-0.4, -0.2) is 21.7 Å². The minimum atomic E-state index is -0.203. The molecule has 62 valence electrons. The second kappa shape index (κ2) is 2.37. The van der Waals surface area contributed by atoms with E-state index in [1.807, 2.05) is 6.07 Å². The zero-order valence-corrected chi connectivity index (χ0v) is 6.53. The van der Waals surface area contributed by atoms with Crippen molar-refractivity contribution in [3.8, 4) is 0 Å². The molecule has 5 nitrogen and oxygen atoms in total. The third kappa shape index (κ3) is 0.795. The average molecular weight is 164 g/mol. The van der Waals surface area contributed by atoms with Gasteiger partial charge in [-0.05, 0) is 12.1 Å². The number of imidazole rings is 1. The standard InChI is InChI=1S/C7H8N4O/c1-8-11-5-3-2-4-9-6(5)10-7(11)12/h2-4,8H,1H3,(H,9,10,12). The van der Waals surface area contributed by atoms with Crippen molar-refractivity contribution < 1.29 is 0 Å². The quantitative estimate of drug-likeness (QED) is 0.618. The molecule has 0 saturated heterocycles. The minimum Gasteiger partial charge on any atom is -0.324 e. The van der Waals surface area contributed by atoms with Crippen LogP contribution < -0.4 is 11.1 Å². The normalized spacial score (nSPS) is 10.4. The van der Waals surface area contributed by atoms with Gasteiger partial charge >= 0.3 is 5.69 Å². The number of hydrogen-bond acceptors (Lipinski definition) is 3. The van der Waals surface area contributed by atoms with Gasteiger partial charge in [0, 0.05) is 13.2 Å². The van der Waals surface area contributed by atoms with Crippen LogP contribution in [0.15, 0.2) is 23.1 Å². The summed E-state index contributed by atoms with van der Waals surface area (Å²) in [5.41, 5.74) is 3.90. The fourth-order valence-corrected chi connectivity index (χ4v) is 1.16. The van der Waals surface area contributed by atoms with Crippen LogP contribution in [0.25, 0.3) is 11.2 Å². The summed E-state index contributed by atoms with van der Waals surface area (Å²) in [6.45, 7) is 0. The first-order chi connectivity index (χ1) is 5.83. The van der Waals surface area contributed by atoms with Gasteiger partial charge in [-0.2, -0.15) is 0 Å². The molecule has 0 amide bonds. The fraction of sp³-hybridized carbons (Fsp3) is 0.143. The summed E-state index contributed by atoms with van der Waals surface area (Å²) in [7, 11) is 1.68. The molecular formula is C7H8N4O. The van der Waals surface area contributed by atoms with E-state index in [1.165, 1.54) is 4.68 Å². The highest BCUT2D eigenvalue weighted by atomic mass is 16.2. The third-order valence-electron chi connectivity index (χ3n) is 1.68. The van der Waals surface area contributed by atoms with E-state index in [0.29, 0.717) is 5.65 Å². The zero-order chi connectivity index (χ0) is 8.55. The molecule has 12 heavy (non-hydrogen) atoms. The zero-order valence-electron chi connectivity index (χ0n) is 6.53.